The quantitative estimate of drug-likeness (QED) is 0.375. The Bertz CT molecular complexity index is 1110. The molecule has 1 aromatic carbocycles. The maximum Gasteiger partial charge on any atom is 0.284 e. The molecule has 1 amide bonds. The first-order chi connectivity index (χ1) is 14.1. The monoisotopic (exact) mass is 473 g/mol. The number of nitrogens with two attached hydrogens (primary N) is 1. The standard InChI is InChI=1S/C16H16ClN5O6S2/c17-11-2-1-10(22(24)25)9-12(11)19-16(29)20-5-7-21(8-6-20)30(26,27)14-4-3-13(28-14)15(18)23/h1-4,9H,5-8H2,(H2,18,23)(H,19,29). The number of carbonyl (C=O) groups excluding carboxylic acids is 1. The molecule has 2 heterocycles. The molecule has 1 aliphatic heterocycles. The van der Waals surface area contributed by atoms with Crippen LogP contribution >= 0.6 is 23.8 Å². The fourth-order valence-corrected chi connectivity index (χ4v) is 4.56. The number of amides is 1. The average Bonchev–Trinajstić information content (AvgIpc) is 3.21. The second kappa shape index (κ2) is 8.55. The molecule has 1 fully saturated rings. The number of benzene rings is 1. The molecule has 0 unspecified atom stereocenters. The Morgan fingerprint density at radius 3 is 2.47 bits per heavy atom. The summed E-state index contributed by atoms with van der Waals surface area (Å²) < 4.78 is 31.6. The lowest BCUT2D eigenvalue weighted by Crippen LogP contribution is -2.51. The summed E-state index contributed by atoms with van der Waals surface area (Å²) in [6.45, 7) is 0.751. The Hall–Kier alpha value is -2.74. The van der Waals surface area contributed by atoms with Gasteiger partial charge in [0.15, 0.2) is 10.9 Å². The van der Waals surface area contributed by atoms with Crippen molar-refractivity contribution in [1.82, 2.24) is 9.21 Å². The van der Waals surface area contributed by atoms with Crippen molar-refractivity contribution in [3.05, 3.63) is 51.2 Å². The number of piperazine rings is 1. The summed E-state index contributed by atoms with van der Waals surface area (Å²) in [5.41, 5.74) is 5.22. The van der Waals surface area contributed by atoms with Gasteiger partial charge in [-0.1, -0.05) is 11.6 Å². The molecule has 0 spiro atoms. The summed E-state index contributed by atoms with van der Waals surface area (Å²) in [4.78, 5) is 23.2. The van der Waals surface area contributed by atoms with Crippen LogP contribution in [0.4, 0.5) is 11.4 Å². The van der Waals surface area contributed by atoms with Gasteiger partial charge in [-0.15, -0.1) is 0 Å². The second-order valence-corrected chi connectivity index (χ2v) is 8.89. The highest BCUT2D eigenvalue weighted by molar-refractivity contribution is 7.89. The second-order valence-electron chi connectivity index (χ2n) is 6.23. The molecule has 3 N–H and O–H groups in total. The third-order valence-electron chi connectivity index (χ3n) is 4.35. The van der Waals surface area contributed by atoms with Crippen LogP contribution in [-0.4, -0.2) is 59.7 Å². The first kappa shape index (κ1) is 22.0. The van der Waals surface area contributed by atoms with E-state index in [1.165, 1.54) is 34.6 Å². The topological polar surface area (TPSA) is 152 Å². The van der Waals surface area contributed by atoms with Crippen LogP contribution in [0.25, 0.3) is 0 Å². The zero-order valence-corrected chi connectivity index (χ0v) is 17.7. The van der Waals surface area contributed by atoms with E-state index in [-0.39, 0.29) is 58.5 Å². The number of sulfonamides is 1. The van der Waals surface area contributed by atoms with Gasteiger partial charge in [0, 0.05) is 38.3 Å². The maximum atomic E-state index is 12.7. The van der Waals surface area contributed by atoms with Gasteiger partial charge in [-0.05, 0) is 30.4 Å². The van der Waals surface area contributed by atoms with E-state index in [1.54, 1.807) is 4.90 Å². The smallest absolute Gasteiger partial charge is 0.284 e. The highest BCUT2D eigenvalue weighted by Gasteiger charge is 2.32. The number of halogens is 1. The van der Waals surface area contributed by atoms with Crippen molar-refractivity contribution in [2.45, 2.75) is 5.09 Å². The van der Waals surface area contributed by atoms with Crippen LogP contribution in [0, 0.1) is 10.1 Å². The van der Waals surface area contributed by atoms with Crippen LogP contribution in [0.3, 0.4) is 0 Å². The number of carbonyl (C=O) groups is 1. The Balaban J connectivity index is 1.65. The molecule has 0 radical (unpaired) electrons. The summed E-state index contributed by atoms with van der Waals surface area (Å²) in [5, 5.41) is 13.9. The first-order valence-corrected chi connectivity index (χ1v) is 10.7. The number of hydrogen-bond donors (Lipinski definition) is 2. The van der Waals surface area contributed by atoms with Crippen LogP contribution in [0.1, 0.15) is 10.6 Å². The molecule has 1 saturated heterocycles. The number of nitrogens with one attached hydrogen (secondary N) is 1. The highest BCUT2D eigenvalue weighted by atomic mass is 35.5. The molecule has 160 valence electrons. The van der Waals surface area contributed by atoms with E-state index in [1.807, 2.05) is 0 Å². The normalized spacial score (nSPS) is 15.0. The fraction of sp³-hybridized carbons (Fsp3) is 0.250. The molecule has 1 aliphatic rings. The van der Waals surface area contributed by atoms with Crippen molar-refractivity contribution in [3.8, 4) is 0 Å². The lowest BCUT2D eigenvalue weighted by Gasteiger charge is -2.35. The highest BCUT2D eigenvalue weighted by Crippen LogP contribution is 2.27. The number of nitrogens with zero attached hydrogens (tertiary/aromatic N) is 3. The molecule has 3 rings (SSSR count). The van der Waals surface area contributed by atoms with Crippen molar-refractivity contribution in [3.63, 3.8) is 0 Å². The number of nitro benzene ring substituents is 1. The summed E-state index contributed by atoms with van der Waals surface area (Å²) in [6, 6.07) is 6.31. The minimum Gasteiger partial charge on any atom is -0.438 e. The predicted molar refractivity (Wildman–Crippen MR) is 112 cm³/mol. The van der Waals surface area contributed by atoms with Crippen molar-refractivity contribution in [2.24, 2.45) is 5.73 Å². The summed E-state index contributed by atoms with van der Waals surface area (Å²) in [5.74, 6) is -1.11. The minimum atomic E-state index is -3.93. The molecule has 1 aromatic heterocycles. The molecule has 0 bridgehead atoms. The fourth-order valence-electron chi connectivity index (χ4n) is 2.77. The molecular formula is C16H16ClN5O6S2. The zero-order valence-electron chi connectivity index (χ0n) is 15.3. The molecule has 0 atom stereocenters. The van der Waals surface area contributed by atoms with Gasteiger partial charge in [-0.2, -0.15) is 4.31 Å². The predicted octanol–water partition coefficient (Wildman–Crippen LogP) is 1.64. The van der Waals surface area contributed by atoms with Crippen LogP contribution in [0.5, 0.6) is 0 Å². The van der Waals surface area contributed by atoms with E-state index in [0.717, 1.165) is 0 Å². The van der Waals surface area contributed by atoms with Crippen LogP contribution in [0.15, 0.2) is 39.8 Å². The Labute approximate surface area is 181 Å². The first-order valence-electron chi connectivity index (χ1n) is 8.49. The number of thiocarbonyl (C=S) groups is 1. The van der Waals surface area contributed by atoms with Gasteiger partial charge in [0.2, 0.25) is 5.09 Å². The van der Waals surface area contributed by atoms with Gasteiger partial charge >= 0.3 is 0 Å². The number of furan rings is 1. The minimum absolute atomic E-state index is 0.111. The number of nitro groups is 1. The van der Waals surface area contributed by atoms with Gasteiger partial charge in [-0.25, -0.2) is 8.42 Å². The Morgan fingerprint density at radius 2 is 1.90 bits per heavy atom. The third-order valence-corrected chi connectivity index (χ3v) is 6.81. The van der Waals surface area contributed by atoms with Crippen LogP contribution in [0.2, 0.25) is 5.02 Å². The van der Waals surface area contributed by atoms with Crippen LogP contribution in [-0.2, 0) is 10.0 Å². The van der Waals surface area contributed by atoms with Gasteiger partial charge < -0.3 is 20.4 Å². The van der Waals surface area contributed by atoms with Crippen molar-refractivity contribution < 1.29 is 22.6 Å². The molecule has 11 nitrogen and oxygen atoms in total. The molecule has 0 saturated carbocycles. The Morgan fingerprint density at radius 1 is 1.23 bits per heavy atom. The van der Waals surface area contributed by atoms with E-state index >= 15 is 0 Å². The van der Waals surface area contributed by atoms with Crippen molar-refractivity contribution in [2.75, 3.05) is 31.5 Å². The van der Waals surface area contributed by atoms with E-state index in [2.05, 4.69) is 5.32 Å². The molecule has 30 heavy (non-hydrogen) atoms. The molecular weight excluding hydrogens is 458 g/mol. The van der Waals surface area contributed by atoms with E-state index in [4.69, 9.17) is 34.0 Å². The Kier molecular flexibility index (Phi) is 6.26. The van der Waals surface area contributed by atoms with Crippen molar-refractivity contribution >= 4 is 56.2 Å². The van der Waals surface area contributed by atoms with E-state index in [9.17, 15) is 23.3 Å². The summed E-state index contributed by atoms with van der Waals surface area (Å²) in [7, 11) is -3.93. The summed E-state index contributed by atoms with van der Waals surface area (Å²) >= 11 is 11.4. The third kappa shape index (κ3) is 4.53. The van der Waals surface area contributed by atoms with Crippen molar-refractivity contribution in [1.29, 1.82) is 0 Å². The number of non-ortho nitro benzene ring substituents is 1. The van der Waals surface area contributed by atoms with E-state index in [0.29, 0.717) is 0 Å². The lowest BCUT2D eigenvalue weighted by atomic mass is 10.3. The van der Waals surface area contributed by atoms with Gasteiger partial charge in [0.25, 0.3) is 21.6 Å². The number of primary amides is 1. The number of hydrogen-bond acceptors (Lipinski definition) is 7. The largest absolute Gasteiger partial charge is 0.438 e. The van der Waals surface area contributed by atoms with Crippen LogP contribution < -0.4 is 11.1 Å². The zero-order chi connectivity index (χ0) is 22.1. The SMILES string of the molecule is NC(=O)c1ccc(S(=O)(=O)N2CCN(C(=S)Nc3cc([N+](=O)[O-])ccc3Cl)CC2)o1. The van der Waals surface area contributed by atoms with Gasteiger partial charge in [0.05, 0.1) is 15.6 Å². The average molecular weight is 474 g/mol. The number of rotatable bonds is 5. The van der Waals surface area contributed by atoms with E-state index < -0.39 is 20.9 Å². The molecule has 14 heteroatoms. The molecule has 0 aliphatic carbocycles. The van der Waals surface area contributed by atoms with Gasteiger partial charge in [0.1, 0.15) is 0 Å². The molecule has 2 aromatic rings. The van der Waals surface area contributed by atoms with Gasteiger partial charge in [-0.3, -0.25) is 14.9 Å². The summed E-state index contributed by atoms with van der Waals surface area (Å²) in [6.07, 6.45) is 0. The maximum absolute atomic E-state index is 12.7. The lowest BCUT2D eigenvalue weighted by molar-refractivity contribution is -0.384. The number of anilines is 1.